The number of methoxy groups -OCH3 is 1. The molecule has 0 bridgehead atoms. The third-order valence-electron chi connectivity index (χ3n) is 6.90. The molecule has 2 fully saturated rings. The number of hydrogen-bond donors (Lipinski definition) is 2. The molecule has 5 heteroatoms. The van der Waals surface area contributed by atoms with Gasteiger partial charge in [0.25, 0.3) is 0 Å². The summed E-state index contributed by atoms with van der Waals surface area (Å²) in [7, 11) is 1.41. The van der Waals surface area contributed by atoms with Crippen LogP contribution in [0.4, 0.5) is 0 Å². The van der Waals surface area contributed by atoms with Gasteiger partial charge in [-0.3, -0.25) is 4.79 Å². The SMILES string of the molecule is CCC1(C(O)CC=C[C@@H]2[C@@H](CC=CCCCC(=O)OC)[C@H](Cl)C[C@H]2O)CCC1. The van der Waals surface area contributed by atoms with E-state index in [1.54, 1.807) is 0 Å². The highest BCUT2D eigenvalue weighted by molar-refractivity contribution is 6.21. The van der Waals surface area contributed by atoms with E-state index in [0.29, 0.717) is 19.3 Å². The van der Waals surface area contributed by atoms with Crippen molar-refractivity contribution in [2.24, 2.45) is 17.3 Å². The molecular formula is C23H37ClO4. The van der Waals surface area contributed by atoms with Gasteiger partial charge in [0.15, 0.2) is 0 Å². The van der Waals surface area contributed by atoms with Gasteiger partial charge < -0.3 is 14.9 Å². The summed E-state index contributed by atoms with van der Waals surface area (Å²) in [4.78, 5) is 11.1. The molecule has 2 saturated carbocycles. The van der Waals surface area contributed by atoms with Crippen LogP contribution in [-0.4, -0.2) is 40.9 Å². The minimum atomic E-state index is -0.419. The van der Waals surface area contributed by atoms with E-state index in [0.717, 1.165) is 38.5 Å². The maximum absolute atomic E-state index is 11.1. The first kappa shape index (κ1) is 23.4. The number of rotatable bonds is 11. The third-order valence-corrected chi connectivity index (χ3v) is 7.40. The highest BCUT2D eigenvalue weighted by Crippen LogP contribution is 2.48. The number of aliphatic hydroxyl groups excluding tert-OH is 2. The predicted octanol–water partition coefficient (Wildman–Crippen LogP) is 4.77. The van der Waals surface area contributed by atoms with Crippen molar-refractivity contribution >= 4 is 17.6 Å². The Hall–Kier alpha value is -0.840. The second kappa shape index (κ2) is 11.4. The molecule has 0 aromatic heterocycles. The number of ether oxygens (including phenoxy) is 1. The topological polar surface area (TPSA) is 66.8 Å². The van der Waals surface area contributed by atoms with Crippen LogP contribution in [0.15, 0.2) is 24.3 Å². The van der Waals surface area contributed by atoms with Crippen molar-refractivity contribution in [3.8, 4) is 0 Å². The second-order valence-electron chi connectivity index (χ2n) is 8.48. The van der Waals surface area contributed by atoms with Gasteiger partial charge in [0, 0.05) is 17.7 Å². The van der Waals surface area contributed by atoms with Crippen LogP contribution >= 0.6 is 11.6 Å². The van der Waals surface area contributed by atoms with Crippen LogP contribution in [0.25, 0.3) is 0 Å². The van der Waals surface area contributed by atoms with Gasteiger partial charge in [-0.2, -0.15) is 0 Å². The number of halogens is 1. The molecule has 2 N–H and O–H groups in total. The van der Waals surface area contributed by atoms with E-state index in [2.05, 4.69) is 36.0 Å². The fourth-order valence-corrected chi connectivity index (χ4v) is 5.12. The van der Waals surface area contributed by atoms with Crippen LogP contribution in [0, 0.1) is 17.3 Å². The van der Waals surface area contributed by atoms with Crippen molar-refractivity contribution < 1.29 is 19.7 Å². The van der Waals surface area contributed by atoms with E-state index in [-0.39, 0.29) is 34.7 Å². The predicted molar refractivity (Wildman–Crippen MR) is 113 cm³/mol. The number of esters is 1. The maximum atomic E-state index is 11.1. The number of allylic oxidation sites excluding steroid dienone is 2. The molecular weight excluding hydrogens is 376 g/mol. The first-order chi connectivity index (χ1) is 13.4. The van der Waals surface area contributed by atoms with E-state index >= 15 is 0 Å². The lowest BCUT2D eigenvalue weighted by Crippen LogP contribution is -2.40. The zero-order chi connectivity index (χ0) is 20.6. The fourth-order valence-electron chi connectivity index (χ4n) is 4.67. The minimum Gasteiger partial charge on any atom is -0.469 e. The van der Waals surface area contributed by atoms with Gasteiger partial charge in [-0.1, -0.05) is 37.6 Å². The van der Waals surface area contributed by atoms with Crippen LogP contribution in [0.1, 0.15) is 71.1 Å². The van der Waals surface area contributed by atoms with Gasteiger partial charge in [0.2, 0.25) is 0 Å². The first-order valence-electron chi connectivity index (χ1n) is 10.8. The molecule has 0 aromatic carbocycles. The van der Waals surface area contributed by atoms with Gasteiger partial charge in [-0.05, 0) is 62.7 Å². The largest absolute Gasteiger partial charge is 0.469 e. The van der Waals surface area contributed by atoms with Crippen molar-refractivity contribution in [3.05, 3.63) is 24.3 Å². The molecule has 2 aliphatic rings. The summed E-state index contributed by atoms with van der Waals surface area (Å²) >= 11 is 6.50. The third kappa shape index (κ3) is 6.08. The smallest absolute Gasteiger partial charge is 0.305 e. The van der Waals surface area contributed by atoms with Crippen molar-refractivity contribution in [1.82, 2.24) is 0 Å². The average Bonchev–Trinajstić information content (AvgIpc) is 2.90. The first-order valence-corrected chi connectivity index (χ1v) is 11.3. The Morgan fingerprint density at radius 3 is 2.68 bits per heavy atom. The number of unbranched alkanes of at least 4 members (excludes halogenated alkanes) is 1. The molecule has 28 heavy (non-hydrogen) atoms. The second-order valence-corrected chi connectivity index (χ2v) is 9.05. The molecule has 0 amide bonds. The summed E-state index contributed by atoms with van der Waals surface area (Å²) in [5.41, 5.74) is 0.111. The number of alkyl halides is 1. The molecule has 1 unspecified atom stereocenters. The number of hydrogen-bond acceptors (Lipinski definition) is 4. The molecule has 0 radical (unpaired) electrons. The van der Waals surface area contributed by atoms with Crippen LogP contribution in [0.5, 0.6) is 0 Å². The van der Waals surface area contributed by atoms with Gasteiger partial charge in [0.1, 0.15) is 0 Å². The summed E-state index contributed by atoms with van der Waals surface area (Å²) < 4.78 is 4.64. The van der Waals surface area contributed by atoms with E-state index in [4.69, 9.17) is 11.6 Å². The highest BCUT2D eigenvalue weighted by Gasteiger charge is 2.42. The molecule has 0 heterocycles. The average molecular weight is 413 g/mol. The van der Waals surface area contributed by atoms with Crippen molar-refractivity contribution in [3.63, 3.8) is 0 Å². The number of carbonyl (C=O) groups excluding carboxylic acids is 1. The summed E-state index contributed by atoms with van der Waals surface area (Å²) in [6.07, 6.45) is 16.3. The lowest BCUT2D eigenvalue weighted by atomic mass is 9.63. The molecule has 0 aliphatic heterocycles. The highest BCUT2D eigenvalue weighted by atomic mass is 35.5. The monoisotopic (exact) mass is 412 g/mol. The Balaban J connectivity index is 1.81. The van der Waals surface area contributed by atoms with E-state index < -0.39 is 6.10 Å². The Morgan fingerprint density at radius 2 is 2.07 bits per heavy atom. The molecule has 160 valence electrons. The Labute approximate surface area is 175 Å². The van der Waals surface area contributed by atoms with Gasteiger partial charge in [-0.15, -0.1) is 11.6 Å². The van der Waals surface area contributed by atoms with Crippen LogP contribution in [0.3, 0.4) is 0 Å². The molecule has 4 nitrogen and oxygen atoms in total. The Morgan fingerprint density at radius 1 is 1.32 bits per heavy atom. The molecule has 0 saturated heterocycles. The summed E-state index contributed by atoms with van der Waals surface area (Å²) in [5.74, 6) is 0.0615. The molecule has 5 atom stereocenters. The molecule has 2 aliphatic carbocycles. The van der Waals surface area contributed by atoms with Crippen molar-refractivity contribution in [2.45, 2.75) is 88.7 Å². The van der Waals surface area contributed by atoms with E-state index in [1.807, 2.05) is 0 Å². The summed E-state index contributed by atoms with van der Waals surface area (Å²) in [5, 5.41) is 20.9. The standard InChI is InChI=1S/C23H37ClO4/c1-3-23(14-9-15-23)21(26)12-8-11-18-17(19(24)16-20(18)25)10-6-4-5-7-13-22(27)28-2/h4,6,8,11,17-21,25-26H,3,5,7,9-10,12-16H2,1-2H3/t17-,18-,19-,20-,21?/m1/s1. The lowest BCUT2D eigenvalue weighted by molar-refractivity contribution is -0.140. The van der Waals surface area contributed by atoms with Gasteiger partial charge in [0.05, 0.1) is 19.3 Å². The van der Waals surface area contributed by atoms with Gasteiger partial charge >= 0.3 is 5.97 Å². The normalized spacial score (nSPS) is 30.6. The van der Waals surface area contributed by atoms with E-state index in [9.17, 15) is 15.0 Å². The van der Waals surface area contributed by atoms with E-state index in [1.165, 1.54) is 13.5 Å². The number of aliphatic hydroxyl groups is 2. The quantitative estimate of drug-likeness (QED) is 0.222. The van der Waals surface area contributed by atoms with Crippen LogP contribution in [-0.2, 0) is 9.53 Å². The number of carbonyl (C=O) groups is 1. The molecule has 2 rings (SSSR count). The fraction of sp³-hybridized carbons (Fsp3) is 0.783. The van der Waals surface area contributed by atoms with Crippen molar-refractivity contribution in [2.75, 3.05) is 7.11 Å². The molecule has 0 aromatic rings. The van der Waals surface area contributed by atoms with Crippen LogP contribution < -0.4 is 0 Å². The van der Waals surface area contributed by atoms with Gasteiger partial charge in [-0.25, -0.2) is 0 Å². The summed E-state index contributed by atoms with van der Waals surface area (Å²) in [6, 6.07) is 0. The minimum absolute atomic E-state index is 0.0355. The molecule has 0 spiro atoms. The Kier molecular flexibility index (Phi) is 9.52. The maximum Gasteiger partial charge on any atom is 0.305 e. The van der Waals surface area contributed by atoms with Crippen LogP contribution in [0.2, 0.25) is 0 Å². The zero-order valence-corrected chi connectivity index (χ0v) is 18.1. The zero-order valence-electron chi connectivity index (χ0n) is 17.4. The summed E-state index contributed by atoms with van der Waals surface area (Å²) in [6.45, 7) is 2.17. The Bertz CT molecular complexity index is 535. The lowest BCUT2D eigenvalue weighted by Gasteiger charge is -2.45. The van der Waals surface area contributed by atoms with Crippen molar-refractivity contribution in [1.29, 1.82) is 0 Å².